The van der Waals surface area contributed by atoms with Gasteiger partial charge >= 0.3 is 0 Å². The number of benzene rings is 2. The Morgan fingerprint density at radius 1 is 1.11 bits per heavy atom. The summed E-state index contributed by atoms with van der Waals surface area (Å²) in [6.45, 7) is 2.04. The number of anilines is 1. The van der Waals surface area contributed by atoms with Crippen molar-refractivity contribution in [1.82, 2.24) is 20.3 Å². The summed E-state index contributed by atoms with van der Waals surface area (Å²) < 4.78 is 1.61. The van der Waals surface area contributed by atoms with Crippen molar-refractivity contribution in [2.45, 2.75) is 57.7 Å². The van der Waals surface area contributed by atoms with Crippen LogP contribution in [-0.4, -0.2) is 32.9 Å². The second-order valence-corrected chi connectivity index (χ2v) is 9.71. The lowest BCUT2D eigenvalue weighted by molar-refractivity contribution is -0.127. The number of carbonyl (C=O) groups excluding carboxylic acids is 2. The van der Waals surface area contributed by atoms with Crippen LogP contribution in [0.2, 0.25) is 0 Å². The fraction of sp³-hybridized carbons (Fsp3) is 0.333. The Bertz CT molecular complexity index is 1310. The lowest BCUT2D eigenvalue weighted by atomic mass is 10.0. The minimum absolute atomic E-state index is 0.0179. The van der Waals surface area contributed by atoms with E-state index in [-0.39, 0.29) is 24.4 Å². The number of amides is 2. The third-order valence-electron chi connectivity index (χ3n) is 6.67. The molecule has 2 aromatic heterocycles. The Labute approximate surface area is 208 Å². The van der Waals surface area contributed by atoms with E-state index in [2.05, 4.69) is 22.6 Å². The van der Waals surface area contributed by atoms with Gasteiger partial charge in [0.15, 0.2) is 0 Å². The molecular formula is C27H29N5O2S. The van der Waals surface area contributed by atoms with Crippen LogP contribution in [0.5, 0.6) is 0 Å². The molecule has 35 heavy (non-hydrogen) atoms. The Hall–Kier alpha value is -3.52. The maximum absolute atomic E-state index is 14.1. The first-order valence-corrected chi connectivity index (χ1v) is 13.1. The molecule has 2 amide bonds. The molecule has 4 aromatic rings. The molecule has 1 saturated carbocycles. The van der Waals surface area contributed by atoms with Crippen molar-refractivity contribution < 1.29 is 9.59 Å². The van der Waals surface area contributed by atoms with Crippen LogP contribution in [0.1, 0.15) is 49.8 Å². The zero-order chi connectivity index (χ0) is 24.2. The van der Waals surface area contributed by atoms with Crippen molar-refractivity contribution in [2.75, 3.05) is 4.90 Å². The molecule has 2 heterocycles. The molecule has 0 spiro atoms. The highest BCUT2D eigenvalue weighted by molar-refractivity contribution is 7.08. The summed E-state index contributed by atoms with van der Waals surface area (Å²) in [5, 5.41) is 15.6. The monoisotopic (exact) mass is 487 g/mol. The van der Waals surface area contributed by atoms with Crippen LogP contribution in [-0.2, 0) is 22.6 Å². The molecule has 1 aliphatic carbocycles. The summed E-state index contributed by atoms with van der Waals surface area (Å²) in [7, 11) is 0. The number of para-hydroxylation sites is 2. The first kappa shape index (κ1) is 23.2. The first-order chi connectivity index (χ1) is 17.2. The van der Waals surface area contributed by atoms with Gasteiger partial charge in [0.05, 0.1) is 5.52 Å². The van der Waals surface area contributed by atoms with Crippen LogP contribution in [0.3, 0.4) is 0 Å². The van der Waals surface area contributed by atoms with E-state index in [9.17, 15) is 9.59 Å². The van der Waals surface area contributed by atoms with Crippen LogP contribution in [0.4, 0.5) is 5.69 Å². The highest BCUT2D eigenvalue weighted by atomic mass is 32.1. The standard InChI is InChI=1S/C27H29N5O2S/c1-2-19-9-3-7-13-23(19)32(25(33)17-31-24-14-8-6-12-22(24)29-30-31)26(20-15-16-35-18-20)27(34)28-21-10-4-5-11-21/h3,6-9,12-16,18,21,26H,2,4-5,10-11,17H2,1H3,(H,28,34)/t26-/m0/s1. The quantitative estimate of drug-likeness (QED) is 0.384. The molecule has 0 bridgehead atoms. The van der Waals surface area contributed by atoms with Crippen LogP contribution in [0.15, 0.2) is 65.4 Å². The maximum Gasteiger partial charge on any atom is 0.249 e. The molecule has 7 nitrogen and oxygen atoms in total. The van der Waals surface area contributed by atoms with Gasteiger partial charge in [-0.2, -0.15) is 11.3 Å². The number of hydrogen-bond donors (Lipinski definition) is 1. The average Bonchev–Trinajstić information content (AvgIpc) is 3.66. The molecule has 0 unspecified atom stereocenters. The van der Waals surface area contributed by atoms with Crippen LogP contribution in [0.25, 0.3) is 11.0 Å². The number of thiophene rings is 1. The highest BCUT2D eigenvalue weighted by Crippen LogP contribution is 2.33. The Morgan fingerprint density at radius 3 is 2.66 bits per heavy atom. The second kappa shape index (κ2) is 10.4. The molecule has 1 aliphatic rings. The van der Waals surface area contributed by atoms with Gasteiger partial charge in [0, 0.05) is 11.7 Å². The molecule has 180 valence electrons. The Morgan fingerprint density at radius 2 is 1.89 bits per heavy atom. The Kier molecular flexibility index (Phi) is 6.90. The van der Waals surface area contributed by atoms with E-state index in [1.807, 2.05) is 65.4 Å². The lowest BCUT2D eigenvalue weighted by Gasteiger charge is -2.33. The smallest absolute Gasteiger partial charge is 0.249 e. The van der Waals surface area contributed by atoms with Crippen molar-refractivity contribution in [3.63, 3.8) is 0 Å². The summed E-state index contributed by atoms with van der Waals surface area (Å²) in [5.74, 6) is -0.350. The van der Waals surface area contributed by atoms with E-state index in [1.54, 1.807) is 9.58 Å². The molecule has 8 heteroatoms. The number of nitrogens with zero attached hydrogens (tertiary/aromatic N) is 4. The molecule has 5 rings (SSSR count). The zero-order valence-electron chi connectivity index (χ0n) is 19.8. The van der Waals surface area contributed by atoms with Gasteiger partial charge in [0.1, 0.15) is 18.1 Å². The van der Waals surface area contributed by atoms with E-state index < -0.39 is 6.04 Å². The lowest BCUT2D eigenvalue weighted by Crippen LogP contribution is -2.47. The third kappa shape index (κ3) is 4.84. The number of hydrogen-bond acceptors (Lipinski definition) is 5. The van der Waals surface area contributed by atoms with E-state index >= 15 is 0 Å². The van der Waals surface area contributed by atoms with E-state index in [4.69, 9.17) is 0 Å². The summed E-state index contributed by atoms with van der Waals surface area (Å²) in [5.41, 5.74) is 4.09. The molecule has 0 saturated heterocycles. The topological polar surface area (TPSA) is 80.1 Å². The van der Waals surface area contributed by atoms with Crippen molar-refractivity contribution in [3.05, 3.63) is 76.5 Å². The summed E-state index contributed by atoms with van der Waals surface area (Å²) in [6, 6.07) is 16.7. The van der Waals surface area contributed by atoms with Crippen LogP contribution < -0.4 is 10.2 Å². The van der Waals surface area contributed by atoms with Gasteiger partial charge in [0.2, 0.25) is 11.8 Å². The van der Waals surface area contributed by atoms with Gasteiger partial charge in [-0.25, -0.2) is 4.68 Å². The predicted octanol–water partition coefficient (Wildman–Crippen LogP) is 4.89. The molecule has 1 fully saturated rings. The number of rotatable bonds is 8. The molecule has 0 aliphatic heterocycles. The normalized spacial score (nSPS) is 14.8. The minimum Gasteiger partial charge on any atom is -0.351 e. The third-order valence-corrected chi connectivity index (χ3v) is 7.37. The van der Waals surface area contributed by atoms with E-state index in [1.165, 1.54) is 11.3 Å². The van der Waals surface area contributed by atoms with Crippen LogP contribution in [0, 0.1) is 0 Å². The number of aromatic nitrogens is 3. The zero-order valence-corrected chi connectivity index (χ0v) is 20.6. The van der Waals surface area contributed by atoms with Gasteiger partial charge in [-0.1, -0.05) is 55.3 Å². The van der Waals surface area contributed by atoms with Gasteiger partial charge in [-0.05, 0) is 65.4 Å². The Balaban J connectivity index is 1.57. The number of fused-ring (bicyclic) bond motifs is 1. The number of carbonyl (C=O) groups is 2. The van der Waals surface area contributed by atoms with Crippen molar-refractivity contribution in [1.29, 1.82) is 0 Å². The van der Waals surface area contributed by atoms with Gasteiger partial charge in [0.25, 0.3) is 0 Å². The van der Waals surface area contributed by atoms with Crippen molar-refractivity contribution in [3.8, 4) is 0 Å². The summed E-state index contributed by atoms with van der Waals surface area (Å²) in [6.07, 6.45) is 4.94. The van der Waals surface area contributed by atoms with Crippen molar-refractivity contribution in [2.24, 2.45) is 0 Å². The summed E-state index contributed by atoms with van der Waals surface area (Å²) in [4.78, 5) is 29.5. The maximum atomic E-state index is 14.1. The molecular weight excluding hydrogens is 458 g/mol. The predicted molar refractivity (Wildman–Crippen MR) is 138 cm³/mol. The first-order valence-electron chi connectivity index (χ1n) is 12.2. The van der Waals surface area contributed by atoms with Crippen molar-refractivity contribution >= 4 is 39.9 Å². The largest absolute Gasteiger partial charge is 0.351 e. The van der Waals surface area contributed by atoms with E-state index in [0.29, 0.717) is 0 Å². The van der Waals surface area contributed by atoms with E-state index in [0.717, 1.165) is 60.0 Å². The fourth-order valence-corrected chi connectivity index (χ4v) is 5.58. The number of nitrogens with one attached hydrogen (secondary N) is 1. The minimum atomic E-state index is -0.767. The highest BCUT2D eigenvalue weighted by Gasteiger charge is 2.35. The molecule has 1 atom stereocenters. The molecule has 0 radical (unpaired) electrons. The SMILES string of the molecule is CCc1ccccc1N(C(=O)Cn1nnc2ccccc21)[C@H](C(=O)NC1CCCC1)c1ccsc1. The van der Waals surface area contributed by atoms with Crippen LogP contribution >= 0.6 is 11.3 Å². The molecule has 1 N–H and O–H groups in total. The molecule has 2 aromatic carbocycles. The van der Waals surface area contributed by atoms with Gasteiger partial charge in [-0.15, -0.1) is 5.10 Å². The van der Waals surface area contributed by atoms with Gasteiger partial charge < -0.3 is 5.32 Å². The number of aryl methyl sites for hydroxylation is 1. The summed E-state index contributed by atoms with van der Waals surface area (Å²) >= 11 is 1.52. The average molecular weight is 488 g/mol. The van der Waals surface area contributed by atoms with Gasteiger partial charge in [-0.3, -0.25) is 14.5 Å². The second-order valence-electron chi connectivity index (χ2n) is 8.93. The fourth-order valence-electron chi connectivity index (χ4n) is 4.90.